The Morgan fingerprint density at radius 3 is 2.50 bits per heavy atom. The second kappa shape index (κ2) is 4.20. The minimum absolute atomic E-state index is 0.401. The molecule has 3 rings (SSSR count). The van der Waals surface area contributed by atoms with Gasteiger partial charge >= 0.3 is 0 Å². The summed E-state index contributed by atoms with van der Waals surface area (Å²) in [5.74, 6) is 4.01. The molecule has 1 unspecified atom stereocenters. The summed E-state index contributed by atoms with van der Waals surface area (Å²) >= 11 is 1.96. The topological polar surface area (TPSA) is 64.7 Å². The molecule has 2 aliphatic rings. The van der Waals surface area contributed by atoms with Gasteiger partial charge in [0.05, 0.1) is 5.25 Å². The zero-order valence-electron chi connectivity index (χ0n) is 9.22. The number of hydrogen-bond acceptors (Lipinski definition) is 5. The van der Waals surface area contributed by atoms with Crippen LogP contribution >= 0.6 is 11.8 Å². The molecule has 1 aromatic heterocycles. The SMILES string of the molecule is Nc1nc(C2CC2)nc(C2CCCCS2)n1. The number of rotatable bonds is 2. The highest BCUT2D eigenvalue weighted by Gasteiger charge is 2.29. The van der Waals surface area contributed by atoms with E-state index < -0.39 is 0 Å². The monoisotopic (exact) mass is 236 g/mol. The Morgan fingerprint density at radius 2 is 1.81 bits per heavy atom. The van der Waals surface area contributed by atoms with E-state index in [1.54, 1.807) is 0 Å². The minimum Gasteiger partial charge on any atom is -0.368 e. The molecular formula is C11H16N4S. The van der Waals surface area contributed by atoms with Crippen molar-refractivity contribution in [2.24, 2.45) is 0 Å². The van der Waals surface area contributed by atoms with Crippen LogP contribution in [0, 0.1) is 0 Å². The molecule has 4 nitrogen and oxygen atoms in total. The Bertz CT molecular complexity index is 386. The lowest BCUT2D eigenvalue weighted by Crippen LogP contribution is -2.11. The van der Waals surface area contributed by atoms with Crippen LogP contribution in [0.3, 0.4) is 0 Å². The summed E-state index contributed by atoms with van der Waals surface area (Å²) in [5, 5.41) is 0.441. The fourth-order valence-electron chi connectivity index (χ4n) is 2.04. The van der Waals surface area contributed by atoms with Crippen LogP contribution in [-0.4, -0.2) is 20.7 Å². The molecule has 1 aliphatic carbocycles. The zero-order valence-corrected chi connectivity index (χ0v) is 10.0. The third-order valence-electron chi connectivity index (χ3n) is 3.10. The quantitative estimate of drug-likeness (QED) is 0.853. The number of nitrogens with zero attached hydrogens (tertiary/aromatic N) is 3. The van der Waals surface area contributed by atoms with Crippen molar-refractivity contribution in [3.63, 3.8) is 0 Å². The molecule has 1 saturated heterocycles. The van der Waals surface area contributed by atoms with Crippen molar-refractivity contribution >= 4 is 17.7 Å². The molecule has 2 fully saturated rings. The first-order valence-corrected chi connectivity index (χ1v) is 7.01. The smallest absolute Gasteiger partial charge is 0.223 e. The maximum Gasteiger partial charge on any atom is 0.223 e. The molecule has 1 atom stereocenters. The normalized spacial score (nSPS) is 25.6. The Hall–Kier alpha value is -0.840. The third kappa shape index (κ3) is 2.14. The summed E-state index contributed by atoms with van der Waals surface area (Å²) in [5.41, 5.74) is 5.76. The lowest BCUT2D eigenvalue weighted by Gasteiger charge is -2.20. The molecule has 1 saturated carbocycles. The number of thioether (sulfide) groups is 1. The molecule has 1 aliphatic heterocycles. The number of nitrogens with two attached hydrogens (primary N) is 1. The van der Waals surface area contributed by atoms with Gasteiger partial charge in [-0.15, -0.1) is 0 Å². The van der Waals surface area contributed by atoms with E-state index in [0.717, 1.165) is 11.6 Å². The van der Waals surface area contributed by atoms with E-state index in [1.807, 2.05) is 11.8 Å². The van der Waals surface area contributed by atoms with Gasteiger partial charge in [0.15, 0.2) is 0 Å². The van der Waals surface area contributed by atoms with Crippen LogP contribution in [0.1, 0.15) is 54.9 Å². The maximum atomic E-state index is 5.76. The van der Waals surface area contributed by atoms with E-state index in [0.29, 0.717) is 17.1 Å². The highest BCUT2D eigenvalue weighted by atomic mass is 32.2. The Labute approximate surface area is 99.5 Å². The van der Waals surface area contributed by atoms with Crippen LogP contribution in [0.15, 0.2) is 0 Å². The van der Waals surface area contributed by atoms with Gasteiger partial charge in [-0.3, -0.25) is 0 Å². The minimum atomic E-state index is 0.401. The second-order valence-corrected chi connectivity index (χ2v) is 5.85. The van der Waals surface area contributed by atoms with Gasteiger partial charge in [-0.2, -0.15) is 21.7 Å². The fourth-order valence-corrected chi connectivity index (χ4v) is 3.28. The van der Waals surface area contributed by atoms with Crippen molar-refractivity contribution in [1.29, 1.82) is 0 Å². The number of nitrogen functional groups attached to an aromatic ring is 1. The third-order valence-corrected chi connectivity index (χ3v) is 4.47. The molecule has 1 aromatic rings. The summed E-state index contributed by atoms with van der Waals surface area (Å²) in [6.45, 7) is 0. The van der Waals surface area contributed by atoms with Gasteiger partial charge in [0.2, 0.25) is 5.95 Å². The number of aromatic nitrogens is 3. The molecule has 0 radical (unpaired) electrons. The van der Waals surface area contributed by atoms with Crippen molar-refractivity contribution in [1.82, 2.24) is 15.0 Å². The summed E-state index contributed by atoms with van der Waals surface area (Å²) < 4.78 is 0. The highest BCUT2D eigenvalue weighted by molar-refractivity contribution is 7.99. The van der Waals surface area contributed by atoms with Crippen molar-refractivity contribution in [2.45, 2.75) is 43.3 Å². The van der Waals surface area contributed by atoms with E-state index in [4.69, 9.17) is 5.73 Å². The summed E-state index contributed by atoms with van der Waals surface area (Å²) in [4.78, 5) is 13.1. The standard InChI is InChI=1S/C11H16N4S/c12-11-14-9(7-4-5-7)13-10(15-11)8-3-1-2-6-16-8/h7-8H,1-6H2,(H2,12,13,14,15). The lowest BCUT2D eigenvalue weighted by molar-refractivity contribution is 0.653. The van der Waals surface area contributed by atoms with Crippen molar-refractivity contribution < 1.29 is 0 Å². The second-order valence-electron chi connectivity index (χ2n) is 4.54. The molecule has 0 amide bonds. The number of anilines is 1. The molecule has 5 heteroatoms. The van der Waals surface area contributed by atoms with E-state index in [1.165, 1.54) is 37.9 Å². The van der Waals surface area contributed by atoms with Crippen LogP contribution in [-0.2, 0) is 0 Å². The molecule has 0 spiro atoms. The van der Waals surface area contributed by atoms with Crippen LogP contribution < -0.4 is 5.73 Å². The van der Waals surface area contributed by atoms with Gasteiger partial charge in [0, 0.05) is 5.92 Å². The molecular weight excluding hydrogens is 220 g/mol. The predicted octanol–water partition coefficient (Wildman–Crippen LogP) is 2.29. The summed E-state index contributed by atoms with van der Waals surface area (Å²) in [7, 11) is 0. The molecule has 2 heterocycles. The first-order chi connectivity index (χ1) is 7.83. The van der Waals surface area contributed by atoms with E-state index >= 15 is 0 Å². The van der Waals surface area contributed by atoms with Crippen molar-refractivity contribution in [3.05, 3.63) is 11.6 Å². The van der Waals surface area contributed by atoms with Gasteiger partial charge in [-0.25, -0.2) is 4.98 Å². The first-order valence-electron chi connectivity index (χ1n) is 5.96. The highest BCUT2D eigenvalue weighted by Crippen LogP contribution is 2.40. The molecule has 16 heavy (non-hydrogen) atoms. The average molecular weight is 236 g/mol. The van der Waals surface area contributed by atoms with Crippen molar-refractivity contribution in [3.8, 4) is 0 Å². The molecule has 0 aromatic carbocycles. The largest absolute Gasteiger partial charge is 0.368 e. The molecule has 0 bridgehead atoms. The fraction of sp³-hybridized carbons (Fsp3) is 0.727. The van der Waals surface area contributed by atoms with Gasteiger partial charge < -0.3 is 5.73 Å². The van der Waals surface area contributed by atoms with E-state index in [9.17, 15) is 0 Å². The average Bonchev–Trinajstić information content (AvgIpc) is 3.13. The van der Waals surface area contributed by atoms with E-state index in [-0.39, 0.29) is 0 Å². The van der Waals surface area contributed by atoms with Crippen molar-refractivity contribution in [2.75, 3.05) is 11.5 Å². The van der Waals surface area contributed by atoms with Crippen LogP contribution in [0.25, 0.3) is 0 Å². The lowest BCUT2D eigenvalue weighted by atomic mass is 10.2. The molecule has 86 valence electrons. The first kappa shape index (κ1) is 10.3. The maximum absolute atomic E-state index is 5.76. The Kier molecular flexibility index (Phi) is 2.71. The van der Waals surface area contributed by atoms with E-state index in [2.05, 4.69) is 15.0 Å². The van der Waals surface area contributed by atoms with Crippen LogP contribution in [0.4, 0.5) is 5.95 Å². The van der Waals surface area contributed by atoms with Crippen LogP contribution in [0.2, 0.25) is 0 Å². The predicted molar refractivity (Wildman–Crippen MR) is 65.3 cm³/mol. The van der Waals surface area contributed by atoms with Gasteiger partial charge in [0.25, 0.3) is 0 Å². The summed E-state index contributed by atoms with van der Waals surface area (Å²) in [6, 6.07) is 0. The van der Waals surface area contributed by atoms with Gasteiger partial charge in [0.1, 0.15) is 11.6 Å². The Morgan fingerprint density at radius 1 is 1.00 bits per heavy atom. The Balaban J connectivity index is 1.86. The number of hydrogen-bond donors (Lipinski definition) is 1. The zero-order chi connectivity index (χ0) is 11.0. The van der Waals surface area contributed by atoms with Crippen LogP contribution in [0.5, 0.6) is 0 Å². The van der Waals surface area contributed by atoms with Gasteiger partial charge in [-0.05, 0) is 31.4 Å². The van der Waals surface area contributed by atoms with Gasteiger partial charge in [-0.1, -0.05) is 6.42 Å². The molecule has 2 N–H and O–H groups in total. The summed E-state index contributed by atoms with van der Waals surface area (Å²) in [6.07, 6.45) is 6.19.